The molecule has 1 aromatic carbocycles. The summed E-state index contributed by atoms with van der Waals surface area (Å²) in [5, 5.41) is 3.44. The highest BCUT2D eigenvalue weighted by atomic mass is 79.9. The minimum Gasteiger partial charge on any atom is -0.394 e. The van der Waals surface area contributed by atoms with Crippen LogP contribution < -0.4 is 11.1 Å². The van der Waals surface area contributed by atoms with E-state index in [9.17, 15) is 0 Å². The average molecular weight is 342 g/mol. The SMILES string of the molecule is Cc1nc(Cl)nc(NC(C)c2ccc(Br)cc2)c1N. The number of nitrogens with two attached hydrogens (primary N) is 1. The van der Waals surface area contributed by atoms with E-state index in [4.69, 9.17) is 17.3 Å². The number of nitrogens with zero attached hydrogens (tertiary/aromatic N) is 2. The van der Waals surface area contributed by atoms with Gasteiger partial charge in [-0.15, -0.1) is 0 Å². The molecule has 2 rings (SSSR count). The van der Waals surface area contributed by atoms with Gasteiger partial charge in [0.05, 0.1) is 17.4 Å². The molecule has 1 atom stereocenters. The van der Waals surface area contributed by atoms with Crippen LogP contribution in [0.25, 0.3) is 0 Å². The lowest BCUT2D eigenvalue weighted by Crippen LogP contribution is -2.11. The van der Waals surface area contributed by atoms with Gasteiger partial charge in [0.15, 0.2) is 5.82 Å². The van der Waals surface area contributed by atoms with E-state index in [0.717, 1.165) is 10.0 Å². The first-order chi connectivity index (χ1) is 8.97. The van der Waals surface area contributed by atoms with Crippen LogP contribution >= 0.6 is 27.5 Å². The molecule has 4 nitrogen and oxygen atoms in total. The van der Waals surface area contributed by atoms with E-state index in [2.05, 4.69) is 31.2 Å². The van der Waals surface area contributed by atoms with E-state index in [1.165, 1.54) is 0 Å². The molecular weight excluding hydrogens is 328 g/mol. The van der Waals surface area contributed by atoms with E-state index < -0.39 is 0 Å². The van der Waals surface area contributed by atoms with Crippen molar-refractivity contribution in [3.8, 4) is 0 Å². The Morgan fingerprint density at radius 1 is 1.26 bits per heavy atom. The van der Waals surface area contributed by atoms with Gasteiger partial charge in [0.25, 0.3) is 0 Å². The third kappa shape index (κ3) is 3.36. The number of anilines is 2. The average Bonchev–Trinajstić information content (AvgIpc) is 2.36. The van der Waals surface area contributed by atoms with Crippen LogP contribution in [0.2, 0.25) is 5.28 Å². The Morgan fingerprint density at radius 2 is 1.89 bits per heavy atom. The van der Waals surface area contributed by atoms with Gasteiger partial charge in [-0.3, -0.25) is 0 Å². The van der Waals surface area contributed by atoms with Crippen molar-refractivity contribution in [3.05, 3.63) is 45.3 Å². The van der Waals surface area contributed by atoms with Crippen LogP contribution in [0.15, 0.2) is 28.7 Å². The zero-order chi connectivity index (χ0) is 14.0. The minimum absolute atomic E-state index is 0.0702. The molecule has 2 aromatic rings. The van der Waals surface area contributed by atoms with Gasteiger partial charge in [0.1, 0.15) is 0 Å². The number of aryl methyl sites for hydroxylation is 1. The van der Waals surface area contributed by atoms with E-state index >= 15 is 0 Å². The van der Waals surface area contributed by atoms with Crippen LogP contribution in [0.1, 0.15) is 24.2 Å². The Hall–Kier alpha value is -1.33. The van der Waals surface area contributed by atoms with Crippen LogP contribution in [0.5, 0.6) is 0 Å². The standard InChI is InChI=1S/C13H14BrClN4/c1-7(9-3-5-10(14)6-4-9)17-12-11(16)8(2)18-13(15)19-12/h3-7H,16H2,1-2H3,(H,17,18,19). The maximum absolute atomic E-state index is 5.95. The zero-order valence-corrected chi connectivity index (χ0v) is 13.0. The Kier molecular flexibility index (Phi) is 4.27. The highest BCUT2D eigenvalue weighted by Gasteiger charge is 2.11. The summed E-state index contributed by atoms with van der Waals surface area (Å²) in [6.45, 7) is 3.84. The summed E-state index contributed by atoms with van der Waals surface area (Å²) in [6.07, 6.45) is 0. The fourth-order valence-corrected chi connectivity index (χ4v) is 2.17. The second-order valence-corrected chi connectivity index (χ2v) is 5.51. The molecule has 3 N–H and O–H groups in total. The third-order valence-electron chi connectivity index (χ3n) is 2.83. The maximum Gasteiger partial charge on any atom is 0.224 e. The van der Waals surface area contributed by atoms with Gasteiger partial charge in [0, 0.05) is 4.47 Å². The normalized spacial score (nSPS) is 12.2. The number of rotatable bonds is 3. The van der Waals surface area contributed by atoms with Crippen molar-refractivity contribution < 1.29 is 0 Å². The molecule has 1 unspecified atom stereocenters. The highest BCUT2D eigenvalue weighted by Crippen LogP contribution is 2.25. The molecule has 0 aliphatic carbocycles. The summed E-state index contributed by atoms with van der Waals surface area (Å²) in [5.41, 5.74) is 8.28. The summed E-state index contributed by atoms with van der Waals surface area (Å²) >= 11 is 9.26. The zero-order valence-electron chi connectivity index (χ0n) is 10.6. The van der Waals surface area contributed by atoms with Gasteiger partial charge in [-0.25, -0.2) is 4.98 Å². The van der Waals surface area contributed by atoms with Crippen molar-refractivity contribution in [2.24, 2.45) is 0 Å². The number of nitrogen functional groups attached to an aromatic ring is 1. The third-order valence-corrected chi connectivity index (χ3v) is 3.53. The minimum atomic E-state index is 0.0702. The molecule has 1 aromatic heterocycles. The molecule has 0 saturated carbocycles. The summed E-state index contributed by atoms with van der Waals surface area (Å²) in [6, 6.07) is 8.13. The predicted octanol–water partition coefficient (Wildman–Crippen LogP) is 3.96. The number of halogens is 2. The molecule has 6 heteroatoms. The molecule has 19 heavy (non-hydrogen) atoms. The summed E-state index contributed by atoms with van der Waals surface area (Å²) in [7, 11) is 0. The van der Waals surface area contributed by atoms with Crippen molar-refractivity contribution in [2.45, 2.75) is 19.9 Å². The number of hydrogen-bond acceptors (Lipinski definition) is 4. The Bertz CT molecular complexity index is 586. The van der Waals surface area contributed by atoms with Crippen LogP contribution in [-0.2, 0) is 0 Å². The lowest BCUT2D eigenvalue weighted by molar-refractivity contribution is 0.871. The molecule has 0 saturated heterocycles. The van der Waals surface area contributed by atoms with Crippen LogP contribution in [0.3, 0.4) is 0 Å². The largest absolute Gasteiger partial charge is 0.394 e. The van der Waals surface area contributed by atoms with Gasteiger partial charge in [-0.1, -0.05) is 28.1 Å². The molecule has 0 radical (unpaired) electrons. The van der Waals surface area contributed by atoms with Crippen LogP contribution in [0.4, 0.5) is 11.5 Å². The van der Waals surface area contributed by atoms with Gasteiger partial charge in [-0.05, 0) is 43.1 Å². The fourth-order valence-electron chi connectivity index (χ4n) is 1.70. The predicted molar refractivity (Wildman–Crippen MR) is 82.4 cm³/mol. The van der Waals surface area contributed by atoms with E-state index in [1.807, 2.05) is 31.2 Å². The first-order valence-corrected chi connectivity index (χ1v) is 6.96. The van der Waals surface area contributed by atoms with Gasteiger partial charge in [0.2, 0.25) is 5.28 Å². The van der Waals surface area contributed by atoms with Crippen molar-refractivity contribution in [1.29, 1.82) is 0 Å². The van der Waals surface area contributed by atoms with Crippen molar-refractivity contribution >= 4 is 39.0 Å². The molecule has 0 aliphatic rings. The topological polar surface area (TPSA) is 63.8 Å². The monoisotopic (exact) mass is 340 g/mol. The second-order valence-electron chi connectivity index (χ2n) is 4.26. The van der Waals surface area contributed by atoms with Gasteiger partial charge in [-0.2, -0.15) is 4.98 Å². The summed E-state index contributed by atoms with van der Waals surface area (Å²) in [5.74, 6) is 0.563. The number of benzene rings is 1. The Labute approximate surface area is 125 Å². The first-order valence-electron chi connectivity index (χ1n) is 5.79. The fraction of sp³-hybridized carbons (Fsp3) is 0.231. The van der Waals surface area contributed by atoms with E-state index in [-0.39, 0.29) is 11.3 Å². The van der Waals surface area contributed by atoms with Crippen LogP contribution in [-0.4, -0.2) is 9.97 Å². The Balaban J connectivity index is 2.23. The second kappa shape index (κ2) is 5.75. The van der Waals surface area contributed by atoms with Crippen molar-refractivity contribution in [3.63, 3.8) is 0 Å². The number of nitrogens with one attached hydrogen (secondary N) is 1. The first kappa shape index (κ1) is 14.1. The molecule has 0 amide bonds. The maximum atomic E-state index is 5.95. The lowest BCUT2D eigenvalue weighted by Gasteiger charge is -2.17. The highest BCUT2D eigenvalue weighted by molar-refractivity contribution is 9.10. The molecule has 1 heterocycles. The van der Waals surface area contributed by atoms with Crippen molar-refractivity contribution in [2.75, 3.05) is 11.1 Å². The van der Waals surface area contributed by atoms with Crippen molar-refractivity contribution in [1.82, 2.24) is 9.97 Å². The quantitative estimate of drug-likeness (QED) is 0.830. The van der Waals surface area contributed by atoms with E-state index in [1.54, 1.807) is 6.92 Å². The van der Waals surface area contributed by atoms with Gasteiger partial charge >= 0.3 is 0 Å². The number of aromatic nitrogens is 2. The molecular formula is C13H14BrClN4. The van der Waals surface area contributed by atoms with Gasteiger partial charge < -0.3 is 11.1 Å². The van der Waals surface area contributed by atoms with Crippen LogP contribution in [0, 0.1) is 6.92 Å². The molecule has 0 aliphatic heterocycles. The smallest absolute Gasteiger partial charge is 0.224 e. The molecule has 0 spiro atoms. The summed E-state index contributed by atoms with van der Waals surface area (Å²) in [4.78, 5) is 8.13. The molecule has 0 bridgehead atoms. The van der Waals surface area contributed by atoms with E-state index in [0.29, 0.717) is 17.2 Å². The lowest BCUT2D eigenvalue weighted by atomic mass is 10.1. The molecule has 0 fully saturated rings. The Morgan fingerprint density at radius 3 is 2.53 bits per heavy atom. The summed E-state index contributed by atoms with van der Waals surface area (Å²) < 4.78 is 1.05. The molecule has 100 valence electrons. The number of hydrogen-bond donors (Lipinski definition) is 2.